The van der Waals surface area contributed by atoms with E-state index in [1.807, 2.05) is 30.3 Å². The third-order valence-corrected chi connectivity index (χ3v) is 3.82. The lowest BCUT2D eigenvalue weighted by molar-refractivity contribution is -0.119. The second-order valence-electron chi connectivity index (χ2n) is 5.04. The highest BCUT2D eigenvalue weighted by Gasteiger charge is 2.32. The largest absolute Gasteiger partial charge is 0.390 e. The fraction of sp³-hybridized carbons (Fsp3) is 0.400. The number of fused-ring (bicyclic) bond motifs is 1. The van der Waals surface area contributed by atoms with Gasteiger partial charge in [-0.05, 0) is 30.4 Å². The highest BCUT2D eigenvalue weighted by atomic mass is 16.3. The second kappa shape index (κ2) is 4.58. The van der Waals surface area contributed by atoms with E-state index >= 15 is 0 Å². The van der Waals surface area contributed by atoms with Crippen LogP contribution in [-0.2, 0) is 11.2 Å². The Morgan fingerprint density at radius 2 is 2.17 bits per heavy atom. The van der Waals surface area contributed by atoms with E-state index in [1.54, 1.807) is 0 Å². The summed E-state index contributed by atoms with van der Waals surface area (Å²) in [5, 5.41) is 13.0. The number of benzene rings is 1. The molecule has 18 heavy (non-hydrogen) atoms. The van der Waals surface area contributed by atoms with Crippen molar-refractivity contribution in [1.82, 2.24) is 5.32 Å². The Labute approximate surface area is 107 Å². The predicted octanol–water partition coefficient (Wildman–Crippen LogP) is 1.87. The highest BCUT2D eigenvalue weighted by Crippen LogP contribution is 2.31. The van der Waals surface area contributed by atoms with Gasteiger partial charge in [0.15, 0.2) is 0 Å². The molecule has 0 heterocycles. The maximum Gasteiger partial charge on any atom is 0.247 e. The standard InChI is InChI=1S/C15H17NO2/c17-13-9-11-7-3-4-8-12(11)14(13)16-15(18)10-5-1-2-6-10/h3-5,7-8,13-14,17H,1-2,6,9H2,(H,16,18). The van der Waals surface area contributed by atoms with Gasteiger partial charge in [-0.1, -0.05) is 30.3 Å². The average molecular weight is 243 g/mol. The Kier molecular flexibility index (Phi) is 2.92. The first kappa shape index (κ1) is 11.5. The van der Waals surface area contributed by atoms with Crippen molar-refractivity contribution in [3.8, 4) is 0 Å². The molecule has 1 aromatic rings. The maximum atomic E-state index is 12.1. The van der Waals surface area contributed by atoms with Crippen LogP contribution in [0.15, 0.2) is 35.9 Å². The number of carbonyl (C=O) groups is 1. The molecule has 1 amide bonds. The zero-order valence-corrected chi connectivity index (χ0v) is 10.2. The molecule has 94 valence electrons. The fourth-order valence-corrected chi connectivity index (χ4v) is 2.86. The number of allylic oxidation sites excluding steroid dienone is 1. The van der Waals surface area contributed by atoms with Crippen LogP contribution in [0, 0.1) is 0 Å². The van der Waals surface area contributed by atoms with Gasteiger partial charge in [-0.15, -0.1) is 0 Å². The maximum absolute atomic E-state index is 12.1. The Bertz CT molecular complexity index is 507. The van der Waals surface area contributed by atoms with Gasteiger partial charge < -0.3 is 10.4 Å². The minimum Gasteiger partial charge on any atom is -0.390 e. The monoisotopic (exact) mass is 243 g/mol. The minimum absolute atomic E-state index is 0.0201. The molecule has 0 radical (unpaired) electrons. The molecule has 0 fully saturated rings. The van der Waals surface area contributed by atoms with Crippen LogP contribution in [-0.4, -0.2) is 17.1 Å². The summed E-state index contributed by atoms with van der Waals surface area (Å²) in [6.45, 7) is 0. The third kappa shape index (κ3) is 1.95. The normalized spacial score (nSPS) is 25.7. The second-order valence-corrected chi connectivity index (χ2v) is 5.04. The molecule has 0 bridgehead atoms. The number of hydrogen-bond acceptors (Lipinski definition) is 2. The van der Waals surface area contributed by atoms with Crippen molar-refractivity contribution < 1.29 is 9.90 Å². The lowest BCUT2D eigenvalue weighted by atomic mass is 10.1. The van der Waals surface area contributed by atoms with Crippen molar-refractivity contribution in [2.75, 3.05) is 0 Å². The molecule has 2 unspecified atom stereocenters. The molecule has 1 aromatic carbocycles. The van der Waals surface area contributed by atoms with Crippen molar-refractivity contribution in [3.63, 3.8) is 0 Å². The summed E-state index contributed by atoms with van der Waals surface area (Å²) in [5.41, 5.74) is 3.05. The van der Waals surface area contributed by atoms with Gasteiger partial charge in [0, 0.05) is 12.0 Å². The summed E-state index contributed by atoms with van der Waals surface area (Å²) in [6.07, 6.45) is 5.03. The number of rotatable bonds is 2. The van der Waals surface area contributed by atoms with Crippen LogP contribution in [0.25, 0.3) is 0 Å². The number of carbonyl (C=O) groups excluding carboxylic acids is 1. The van der Waals surface area contributed by atoms with E-state index in [-0.39, 0.29) is 11.9 Å². The van der Waals surface area contributed by atoms with Crippen LogP contribution >= 0.6 is 0 Å². The summed E-state index contributed by atoms with van der Waals surface area (Å²) in [6, 6.07) is 7.66. The molecule has 3 heteroatoms. The minimum atomic E-state index is -0.506. The molecular formula is C15H17NO2. The van der Waals surface area contributed by atoms with Gasteiger partial charge in [-0.3, -0.25) is 4.79 Å². The molecule has 0 saturated carbocycles. The van der Waals surface area contributed by atoms with Gasteiger partial charge in [0.25, 0.3) is 0 Å². The number of hydrogen-bond donors (Lipinski definition) is 2. The summed E-state index contributed by atoms with van der Waals surface area (Å²) < 4.78 is 0. The predicted molar refractivity (Wildman–Crippen MR) is 69.0 cm³/mol. The highest BCUT2D eigenvalue weighted by molar-refractivity contribution is 5.94. The lowest BCUT2D eigenvalue weighted by Crippen LogP contribution is -2.34. The van der Waals surface area contributed by atoms with Crippen molar-refractivity contribution in [2.45, 2.75) is 37.8 Å². The zero-order chi connectivity index (χ0) is 12.5. The van der Waals surface area contributed by atoms with Crippen LogP contribution in [0.5, 0.6) is 0 Å². The molecule has 3 nitrogen and oxygen atoms in total. The Balaban J connectivity index is 1.78. The van der Waals surface area contributed by atoms with Crippen molar-refractivity contribution in [3.05, 3.63) is 47.0 Å². The third-order valence-electron chi connectivity index (χ3n) is 3.82. The first-order chi connectivity index (χ1) is 8.75. The molecule has 3 rings (SSSR count). The van der Waals surface area contributed by atoms with Gasteiger partial charge in [0.2, 0.25) is 5.91 Å². The Morgan fingerprint density at radius 3 is 2.94 bits per heavy atom. The number of aliphatic hydroxyl groups is 1. The summed E-state index contributed by atoms with van der Waals surface area (Å²) in [5.74, 6) is -0.0201. The first-order valence-corrected chi connectivity index (χ1v) is 6.51. The number of nitrogens with one attached hydrogen (secondary N) is 1. The Hall–Kier alpha value is -1.61. The smallest absolute Gasteiger partial charge is 0.247 e. The van der Waals surface area contributed by atoms with E-state index in [0.717, 1.165) is 36.0 Å². The van der Waals surface area contributed by atoms with E-state index in [2.05, 4.69) is 5.32 Å². The lowest BCUT2D eigenvalue weighted by Gasteiger charge is -2.18. The first-order valence-electron chi connectivity index (χ1n) is 6.51. The van der Waals surface area contributed by atoms with Crippen LogP contribution in [0.3, 0.4) is 0 Å². The molecule has 0 aromatic heterocycles. The quantitative estimate of drug-likeness (QED) is 0.833. The van der Waals surface area contributed by atoms with Crippen molar-refractivity contribution in [1.29, 1.82) is 0 Å². The zero-order valence-electron chi connectivity index (χ0n) is 10.2. The Morgan fingerprint density at radius 1 is 1.33 bits per heavy atom. The van der Waals surface area contributed by atoms with Crippen LogP contribution in [0.4, 0.5) is 0 Å². The van der Waals surface area contributed by atoms with Crippen LogP contribution in [0.1, 0.15) is 36.4 Å². The molecular weight excluding hydrogens is 226 g/mol. The summed E-state index contributed by atoms with van der Waals surface area (Å²) in [4.78, 5) is 12.1. The van der Waals surface area contributed by atoms with E-state index in [0.29, 0.717) is 6.42 Å². The van der Waals surface area contributed by atoms with Crippen LogP contribution in [0.2, 0.25) is 0 Å². The molecule has 2 aliphatic rings. The van der Waals surface area contributed by atoms with Gasteiger partial charge in [-0.25, -0.2) is 0 Å². The van der Waals surface area contributed by atoms with E-state index in [4.69, 9.17) is 0 Å². The van der Waals surface area contributed by atoms with Gasteiger partial charge in [0.1, 0.15) is 0 Å². The van der Waals surface area contributed by atoms with Crippen molar-refractivity contribution in [2.24, 2.45) is 0 Å². The molecule has 2 aliphatic carbocycles. The molecule has 0 spiro atoms. The topological polar surface area (TPSA) is 49.3 Å². The van der Waals surface area contributed by atoms with Gasteiger partial charge >= 0.3 is 0 Å². The van der Waals surface area contributed by atoms with Gasteiger partial charge in [0.05, 0.1) is 12.1 Å². The summed E-state index contributed by atoms with van der Waals surface area (Å²) >= 11 is 0. The van der Waals surface area contributed by atoms with Crippen molar-refractivity contribution >= 4 is 5.91 Å². The molecule has 0 aliphatic heterocycles. The SMILES string of the molecule is O=C(NC1c2ccccc2CC1O)C1=CCCC1. The van der Waals surface area contributed by atoms with Gasteiger partial charge in [-0.2, -0.15) is 0 Å². The van der Waals surface area contributed by atoms with Crippen LogP contribution < -0.4 is 5.32 Å². The molecule has 2 atom stereocenters. The van der Waals surface area contributed by atoms with E-state index < -0.39 is 6.10 Å². The summed E-state index contributed by atoms with van der Waals surface area (Å²) in [7, 11) is 0. The molecule has 2 N–H and O–H groups in total. The molecule has 0 saturated heterocycles. The fourth-order valence-electron chi connectivity index (χ4n) is 2.86. The number of amides is 1. The van der Waals surface area contributed by atoms with E-state index in [1.165, 1.54) is 0 Å². The van der Waals surface area contributed by atoms with E-state index in [9.17, 15) is 9.90 Å². The average Bonchev–Trinajstić information content (AvgIpc) is 2.98. The number of aliphatic hydroxyl groups excluding tert-OH is 1.